The number of halogens is 6. The fourth-order valence-corrected chi connectivity index (χ4v) is 6.31. The Kier molecular flexibility index (Phi) is 10.0. The van der Waals surface area contributed by atoms with Crippen molar-refractivity contribution in [2.24, 2.45) is 0 Å². The summed E-state index contributed by atoms with van der Waals surface area (Å²) in [4.78, 5) is 14.8. The molecule has 0 aliphatic rings. The van der Waals surface area contributed by atoms with Gasteiger partial charge in [0.05, 0.1) is 21.8 Å². The highest BCUT2D eigenvalue weighted by Gasteiger charge is 2.34. The number of hydrogen-bond donors (Lipinski definition) is 1. The lowest BCUT2D eigenvalue weighted by Crippen LogP contribution is -2.41. The van der Waals surface area contributed by atoms with Crippen LogP contribution in [0.15, 0.2) is 138 Å². The van der Waals surface area contributed by atoms with Crippen molar-refractivity contribution in [3.05, 3.63) is 156 Å². The number of rotatable bonds is 10. The van der Waals surface area contributed by atoms with Gasteiger partial charge in [0.15, 0.2) is 5.82 Å². The molecule has 0 bridgehead atoms. The third-order valence-corrected chi connectivity index (χ3v) is 9.04. The molecule has 2 aromatic heterocycles. The molecule has 4 aromatic carbocycles. The monoisotopic (exact) mass is 719 g/mol. The van der Waals surface area contributed by atoms with Crippen molar-refractivity contribution in [1.29, 1.82) is 0 Å². The van der Waals surface area contributed by atoms with E-state index in [4.69, 9.17) is 0 Å². The van der Waals surface area contributed by atoms with Crippen molar-refractivity contribution in [3.63, 3.8) is 0 Å². The van der Waals surface area contributed by atoms with Crippen LogP contribution in [0, 0.1) is 0 Å². The number of nitrogens with one attached hydrogen (secondary N) is 1. The van der Waals surface area contributed by atoms with Gasteiger partial charge in [-0.15, -0.1) is 4.83 Å². The standard InChI is InChI=1S/C37H27F6N5O2S/c38-36(39,40)30-16-14-27(15-17-30)33-22-34(37(41,42)43)46-35(45-33)29-18-19-44-32(21-29)28-12-7-13-31(20-28)51(49,50)47-48(23-25-8-3-1-4-9-25)24-26-10-5-2-6-11-26/h1-22,47H,23-24H2. The fourth-order valence-electron chi connectivity index (χ4n) is 5.20. The van der Waals surface area contributed by atoms with Gasteiger partial charge in [0.2, 0.25) is 0 Å². The van der Waals surface area contributed by atoms with Gasteiger partial charge in [-0.2, -0.15) is 26.3 Å². The molecule has 0 aliphatic heterocycles. The molecule has 0 unspecified atom stereocenters. The van der Waals surface area contributed by atoms with Crippen LogP contribution in [0.4, 0.5) is 26.3 Å². The molecule has 1 N–H and O–H groups in total. The predicted molar refractivity (Wildman–Crippen MR) is 179 cm³/mol. The summed E-state index contributed by atoms with van der Waals surface area (Å²) in [5.41, 5.74) is -0.0553. The Balaban J connectivity index is 1.31. The van der Waals surface area contributed by atoms with Crippen molar-refractivity contribution >= 4 is 10.0 Å². The lowest BCUT2D eigenvalue weighted by Gasteiger charge is -2.23. The average Bonchev–Trinajstić information content (AvgIpc) is 3.11. The molecule has 0 radical (unpaired) electrons. The molecule has 260 valence electrons. The first-order chi connectivity index (χ1) is 24.2. The SMILES string of the molecule is O=S(=O)(NN(Cc1ccccc1)Cc1ccccc1)c1cccc(-c2cc(-c3nc(-c4ccc(C(F)(F)F)cc4)cc(C(F)(F)F)n3)ccn2)c1. The van der Waals surface area contributed by atoms with Crippen molar-refractivity contribution in [3.8, 4) is 33.9 Å². The molecule has 2 heterocycles. The summed E-state index contributed by atoms with van der Waals surface area (Å²) in [5, 5.41) is 1.57. The Labute approximate surface area is 289 Å². The first kappa shape index (κ1) is 35.4. The highest BCUT2D eigenvalue weighted by molar-refractivity contribution is 7.89. The van der Waals surface area contributed by atoms with Crippen LogP contribution in [0.5, 0.6) is 0 Å². The summed E-state index contributed by atoms with van der Waals surface area (Å²) in [6.45, 7) is 0.535. The second-order valence-electron chi connectivity index (χ2n) is 11.4. The largest absolute Gasteiger partial charge is 0.433 e. The van der Waals surface area contributed by atoms with Gasteiger partial charge in [-0.1, -0.05) is 84.9 Å². The summed E-state index contributed by atoms with van der Waals surface area (Å²) >= 11 is 0. The van der Waals surface area contributed by atoms with E-state index in [9.17, 15) is 34.8 Å². The molecule has 51 heavy (non-hydrogen) atoms. The lowest BCUT2D eigenvalue weighted by atomic mass is 10.1. The molecular formula is C37H27F6N5O2S. The molecule has 14 heteroatoms. The Morgan fingerprint density at radius 3 is 1.80 bits per heavy atom. The topological polar surface area (TPSA) is 88.1 Å². The molecule has 0 saturated carbocycles. The minimum absolute atomic E-state index is 0.0189. The van der Waals surface area contributed by atoms with Gasteiger partial charge >= 0.3 is 12.4 Å². The highest BCUT2D eigenvalue weighted by atomic mass is 32.2. The number of benzene rings is 4. The summed E-state index contributed by atoms with van der Waals surface area (Å²) in [6, 6.07) is 31.6. The van der Waals surface area contributed by atoms with Gasteiger partial charge in [-0.3, -0.25) is 4.98 Å². The van der Waals surface area contributed by atoms with Gasteiger partial charge < -0.3 is 0 Å². The molecule has 7 nitrogen and oxygen atoms in total. The van der Waals surface area contributed by atoms with Crippen LogP contribution in [0.25, 0.3) is 33.9 Å². The third-order valence-electron chi connectivity index (χ3n) is 7.66. The van der Waals surface area contributed by atoms with Crippen molar-refractivity contribution in [2.45, 2.75) is 30.3 Å². The van der Waals surface area contributed by atoms with E-state index in [1.165, 1.54) is 36.5 Å². The Morgan fingerprint density at radius 2 is 1.22 bits per heavy atom. The first-order valence-corrected chi connectivity index (χ1v) is 16.8. The van der Waals surface area contributed by atoms with Gasteiger partial charge in [-0.25, -0.2) is 23.4 Å². The van der Waals surface area contributed by atoms with Crippen LogP contribution in [0.2, 0.25) is 0 Å². The van der Waals surface area contributed by atoms with Crippen LogP contribution < -0.4 is 4.83 Å². The minimum atomic E-state index is -4.89. The normalized spacial score (nSPS) is 12.3. The fraction of sp³-hybridized carbons (Fsp3) is 0.108. The van der Waals surface area contributed by atoms with Gasteiger partial charge in [0.1, 0.15) is 5.69 Å². The Hall–Kier alpha value is -5.44. The maximum absolute atomic E-state index is 13.9. The molecule has 0 spiro atoms. The second-order valence-corrected chi connectivity index (χ2v) is 13.1. The summed E-state index contributed by atoms with van der Waals surface area (Å²) in [6.07, 6.45) is -8.21. The molecular weight excluding hydrogens is 692 g/mol. The molecule has 0 amide bonds. The van der Waals surface area contributed by atoms with E-state index < -0.39 is 33.6 Å². The lowest BCUT2D eigenvalue weighted by molar-refractivity contribution is -0.141. The summed E-state index contributed by atoms with van der Waals surface area (Å²) < 4.78 is 108. The number of sulfonamides is 1. The van der Waals surface area contributed by atoms with E-state index in [0.29, 0.717) is 11.6 Å². The van der Waals surface area contributed by atoms with E-state index in [1.807, 2.05) is 60.7 Å². The van der Waals surface area contributed by atoms with Crippen LogP contribution in [-0.4, -0.2) is 28.4 Å². The minimum Gasteiger partial charge on any atom is -0.256 e. The van der Waals surface area contributed by atoms with E-state index >= 15 is 0 Å². The van der Waals surface area contributed by atoms with Crippen molar-refractivity contribution in [1.82, 2.24) is 24.8 Å². The number of hydrogen-bond acceptors (Lipinski definition) is 6. The average molecular weight is 720 g/mol. The number of nitrogens with zero attached hydrogens (tertiary/aromatic N) is 4. The molecule has 6 rings (SSSR count). The maximum Gasteiger partial charge on any atom is 0.433 e. The van der Waals surface area contributed by atoms with Crippen LogP contribution >= 0.6 is 0 Å². The molecule has 0 fully saturated rings. The molecule has 0 saturated heterocycles. The number of aromatic nitrogens is 3. The Bertz CT molecular complexity index is 2190. The third kappa shape index (κ3) is 8.84. The van der Waals surface area contributed by atoms with Crippen molar-refractivity contribution < 1.29 is 34.8 Å². The van der Waals surface area contributed by atoms with Gasteiger partial charge in [-0.05, 0) is 53.6 Å². The van der Waals surface area contributed by atoms with Crippen LogP contribution in [-0.2, 0) is 35.5 Å². The zero-order valence-electron chi connectivity index (χ0n) is 26.4. The quantitative estimate of drug-likeness (QED) is 0.113. The smallest absolute Gasteiger partial charge is 0.256 e. The van der Waals surface area contributed by atoms with E-state index in [0.717, 1.165) is 35.4 Å². The number of hydrazine groups is 1. The first-order valence-electron chi connectivity index (χ1n) is 15.3. The number of alkyl halides is 6. The summed E-state index contributed by atoms with van der Waals surface area (Å²) in [5.74, 6) is -0.355. The van der Waals surface area contributed by atoms with Gasteiger partial charge in [0.25, 0.3) is 10.0 Å². The van der Waals surface area contributed by atoms with Crippen LogP contribution in [0.1, 0.15) is 22.4 Å². The molecule has 6 aromatic rings. The van der Waals surface area contributed by atoms with E-state index in [1.54, 1.807) is 11.1 Å². The summed E-state index contributed by atoms with van der Waals surface area (Å²) in [7, 11) is -4.14. The predicted octanol–water partition coefficient (Wildman–Crippen LogP) is 8.81. The second kappa shape index (κ2) is 14.4. The van der Waals surface area contributed by atoms with Crippen molar-refractivity contribution in [2.75, 3.05) is 0 Å². The maximum atomic E-state index is 13.9. The molecule has 0 aliphatic carbocycles. The number of pyridine rings is 1. The van der Waals surface area contributed by atoms with E-state index in [-0.39, 0.29) is 46.3 Å². The van der Waals surface area contributed by atoms with Gasteiger partial charge in [0, 0.05) is 36.0 Å². The van der Waals surface area contributed by atoms with E-state index in [2.05, 4.69) is 19.8 Å². The van der Waals surface area contributed by atoms with Crippen LogP contribution in [0.3, 0.4) is 0 Å². The Morgan fingerprint density at radius 1 is 0.588 bits per heavy atom. The highest BCUT2D eigenvalue weighted by Crippen LogP contribution is 2.35. The molecule has 0 atom stereocenters. The zero-order valence-corrected chi connectivity index (χ0v) is 27.2. The zero-order chi connectivity index (χ0) is 36.2.